The third kappa shape index (κ3) is 3.78. The van der Waals surface area contributed by atoms with Gasteiger partial charge < -0.3 is 15.2 Å². The van der Waals surface area contributed by atoms with Gasteiger partial charge >= 0.3 is 0 Å². The van der Waals surface area contributed by atoms with E-state index >= 15 is 0 Å². The Morgan fingerprint density at radius 3 is 2.81 bits per heavy atom. The second kappa shape index (κ2) is 7.82. The molecule has 0 radical (unpaired) electrons. The summed E-state index contributed by atoms with van der Waals surface area (Å²) in [6.45, 7) is 7.73. The Morgan fingerprint density at radius 1 is 1.48 bits per heavy atom. The second-order valence-electron chi connectivity index (χ2n) is 5.18. The predicted molar refractivity (Wildman–Crippen MR) is 89.0 cm³/mol. The van der Waals surface area contributed by atoms with Crippen LogP contribution in [-0.2, 0) is 0 Å². The van der Waals surface area contributed by atoms with Crippen LogP contribution in [0.3, 0.4) is 0 Å². The maximum atomic E-state index is 10.5. The molecule has 1 saturated heterocycles. The number of phenolic OH excluding ortho intramolecular Hbond substituents is 1. The summed E-state index contributed by atoms with van der Waals surface area (Å²) in [4.78, 5) is 2.42. The first kappa shape index (κ1) is 16.3. The van der Waals surface area contributed by atoms with Crippen molar-refractivity contribution in [2.24, 2.45) is 0 Å². The minimum absolute atomic E-state index is 0.162. The number of rotatable bonds is 6. The number of nitrogens with one attached hydrogen (secondary N) is 1. The monoisotopic (exact) mass is 354 g/mol. The number of allylic oxidation sites excluding steroid dienone is 1. The third-order valence-electron chi connectivity index (χ3n) is 3.92. The lowest BCUT2D eigenvalue weighted by Gasteiger charge is -2.36. The molecule has 0 amide bonds. The van der Waals surface area contributed by atoms with Gasteiger partial charge in [-0.2, -0.15) is 0 Å². The van der Waals surface area contributed by atoms with E-state index in [0.717, 1.165) is 49.1 Å². The molecule has 1 aliphatic heterocycles. The van der Waals surface area contributed by atoms with Gasteiger partial charge in [-0.05, 0) is 25.0 Å². The molecule has 116 valence electrons. The highest BCUT2D eigenvalue weighted by atomic mass is 79.9. The van der Waals surface area contributed by atoms with Crippen molar-refractivity contribution in [1.29, 1.82) is 0 Å². The Hall–Kier alpha value is -1.04. The van der Waals surface area contributed by atoms with Crippen molar-refractivity contribution < 1.29 is 9.84 Å². The molecule has 21 heavy (non-hydrogen) atoms. The zero-order valence-corrected chi connectivity index (χ0v) is 14.0. The van der Waals surface area contributed by atoms with Crippen LogP contribution >= 0.6 is 15.9 Å². The number of halogens is 1. The van der Waals surface area contributed by atoms with Gasteiger partial charge in [0.05, 0.1) is 7.11 Å². The molecule has 2 rings (SSSR count). The highest BCUT2D eigenvalue weighted by molar-refractivity contribution is 9.10. The minimum atomic E-state index is 0.162. The van der Waals surface area contributed by atoms with Gasteiger partial charge in [0.25, 0.3) is 0 Å². The molecule has 1 heterocycles. The number of hydrogen-bond donors (Lipinski definition) is 2. The summed E-state index contributed by atoms with van der Waals surface area (Å²) >= 11 is 3.59. The molecule has 1 atom stereocenters. The van der Waals surface area contributed by atoms with E-state index in [9.17, 15) is 5.11 Å². The van der Waals surface area contributed by atoms with Crippen molar-refractivity contribution in [3.8, 4) is 11.5 Å². The molecule has 0 aliphatic carbocycles. The molecule has 0 spiro atoms. The lowest BCUT2D eigenvalue weighted by molar-refractivity contribution is 0.162. The van der Waals surface area contributed by atoms with Crippen LogP contribution in [0, 0.1) is 0 Å². The van der Waals surface area contributed by atoms with Crippen LogP contribution in [0.4, 0.5) is 0 Å². The summed E-state index contributed by atoms with van der Waals surface area (Å²) in [7, 11) is 1.58. The summed E-state index contributed by atoms with van der Waals surface area (Å²) in [5.74, 6) is 0.756. The Kier molecular flexibility index (Phi) is 6.08. The van der Waals surface area contributed by atoms with E-state index in [-0.39, 0.29) is 11.8 Å². The van der Waals surface area contributed by atoms with Crippen molar-refractivity contribution in [2.45, 2.75) is 18.9 Å². The fraction of sp³-hybridized carbons (Fsp3) is 0.500. The summed E-state index contributed by atoms with van der Waals surface area (Å²) in [6.07, 6.45) is 3.78. The molecule has 1 aliphatic rings. The van der Waals surface area contributed by atoms with E-state index in [0.29, 0.717) is 5.75 Å². The summed E-state index contributed by atoms with van der Waals surface area (Å²) in [5.41, 5.74) is 0.915. The fourth-order valence-electron chi connectivity index (χ4n) is 2.82. The van der Waals surface area contributed by atoms with Gasteiger partial charge in [-0.1, -0.05) is 22.0 Å². The number of methoxy groups -OCH3 is 1. The summed E-state index contributed by atoms with van der Waals surface area (Å²) < 4.78 is 6.19. The third-order valence-corrected chi connectivity index (χ3v) is 4.61. The van der Waals surface area contributed by atoms with Crippen LogP contribution in [0.2, 0.25) is 0 Å². The summed E-state index contributed by atoms with van der Waals surface area (Å²) in [5, 5.41) is 13.9. The van der Waals surface area contributed by atoms with Gasteiger partial charge in [0.2, 0.25) is 0 Å². The van der Waals surface area contributed by atoms with Crippen LogP contribution in [0.15, 0.2) is 29.3 Å². The molecule has 0 saturated carbocycles. The van der Waals surface area contributed by atoms with Crippen LogP contribution < -0.4 is 10.1 Å². The lowest BCUT2D eigenvalue weighted by atomic mass is 9.98. The number of benzene rings is 1. The topological polar surface area (TPSA) is 44.7 Å². The Balaban J connectivity index is 2.37. The van der Waals surface area contributed by atoms with E-state index in [4.69, 9.17) is 4.74 Å². The lowest BCUT2D eigenvalue weighted by Crippen LogP contribution is -2.45. The molecule has 2 N–H and O–H groups in total. The molecule has 5 heteroatoms. The first-order valence-corrected chi connectivity index (χ1v) is 8.09. The average Bonchev–Trinajstić information content (AvgIpc) is 2.51. The highest BCUT2D eigenvalue weighted by Gasteiger charge is 2.27. The number of aromatic hydroxyl groups is 1. The van der Waals surface area contributed by atoms with E-state index in [1.54, 1.807) is 13.2 Å². The van der Waals surface area contributed by atoms with Crippen molar-refractivity contribution in [3.05, 3.63) is 34.8 Å². The van der Waals surface area contributed by atoms with Crippen LogP contribution in [0.25, 0.3) is 0 Å². The second-order valence-corrected chi connectivity index (χ2v) is 6.03. The zero-order valence-electron chi connectivity index (χ0n) is 12.4. The number of hydrogen-bond acceptors (Lipinski definition) is 4. The van der Waals surface area contributed by atoms with Gasteiger partial charge in [0, 0.05) is 42.3 Å². The first-order chi connectivity index (χ1) is 10.2. The van der Waals surface area contributed by atoms with Gasteiger partial charge in [0.15, 0.2) is 11.5 Å². The van der Waals surface area contributed by atoms with Crippen LogP contribution in [0.5, 0.6) is 11.5 Å². The highest BCUT2D eigenvalue weighted by Crippen LogP contribution is 2.42. The SMILES string of the molecule is C=CCC[C@H](c1c(Br)ccc(OC)c1O)N1CCNCC1. The number of ether oxygens (including phenoxy) is 1. The molecule has 0 unspecified atom stereocenters. The van der Waals surface area contributed by atoms with Crippen LogP contribution in [-0.4, -0.2) is 43.3 Å². The normalized spacial score (nSPS) is 17.4. The predicted octanol–water partition coefficient (Wildman–Crippen LogP) is 3.08. The van der Waals surface area contributed by atoms with E-state index in [2.05, 4.69) is 32.7 Å². The molecule has 4 nitrogen and oxygen atoms in total. The quantitative estimate of drug-likeness (QED) is 0.770. The van der Waals surface area contributed by atoms with E-state index in [1.807, 2.05) is 12.1 Å². The van der Waals surface area contributed by atoms with E-state index in [1.165, 1.54) is 0 Å². The minimum Gasteiger partial charge on any atom is -0.504 e. The van der Waals surface area contributed by atoms with Gasteiger partial charge in [-0.15, -0.1) is 6.58 Å². The van der Waals surface area contributed by atoms with Crippen molar-refractivity contribution in [2.75, 3.05) is 33.3 Å². The smallest absolute Gasteiger partial charge is 0.163 e. The van der Waals surface area contributed by atoms with Gasteiger partial charge in [-0.3, -0.25) is 4.90 Å². The van der Waals surface area contributed by atoms with E-state index < -0.39 is 0 Å². The van der Waals surface area contributed by atoms with Gasteiger partial charge in [0.1, 0.15) is 0 Å². The molecular weight excluding hydrogens is 332 g/mol. The standard InChI is InChI=1S/C16H23BrN2O2/c1-3-4-5-13(19-10-8-18-9-11-19)15-12(17)6-7-14(21-2)16(15)20/h3,6-7,13,18,20H,1,4-5,8-11H2,2H3/t13-/m1/s1. The Morgan fingerprint density at radius 2 is 2.19 bits per heavy atom. The maximum absolute atomic E-state index is 10.5. The van der Waals surface area contributed by atoms with Crippen LogP contribution in [0.1, 0.15) is 24.4 Å². The number of nitrogens with zero attached hydrogens (tertiary/aromatic N) is 1. The van der Waals surface area contributed by atoms with Crippen molar-refractivity contribution >= 4 is 15.9 Å². The zero-order chi connectivity index (χ0) is 15.2. The summed E-state index contributed by atoms with van der Waals surface area (Å²) in [6, 6.07) is 3.89. The fourth-order valence-corrected chi connectivity index (χ4v) is 3.41. The number of phenols is 1. The van der Waals surface area contributed by atoms with Crippen molar-refractivity contribution in [1.82, 2.24) is 10.2 Å². The maximum Gasteiger partial charge on any atom is 0.163 e. The first-order valence-electron chi connectivity index (χ1n) is 7.30. The Bertz CT molecular complexity index is 487. The molecule has 1 fully saturated rings. The molecule has 1 aromatic rings. The molecule has 0 bridgehead atoms. The largest absolute Gasteiger partial charge is 0.504 e. The molecular formula is C16H23BrN2O2. The molecule has 0 aromatic heterocycles. The van der Waals surface area contributed by atoms with Gasteiger partial charge in [-0.25, -0.2) is 0 Å². The Labute approximate surface area is 134 Å². The molecule has 1 aromatic carbocycles. The van der Waals surface area contributed by atoms with Crippen molar-refractivity contribution in [3.63, 3.8) is 0 Å². The number of piperazine rings is 1. The average molecular weight is 355 g/mol.